The highest BCUT2D eigenvalue weighted by atomic mass is 16.3. The van der Waals surface area contributed by atoms with Gasteiger partial charge in [0.05, 0.1) is 6.10 Å². The molecule has 1 aromatic rings. The molecule has 2 N–H and O–H groups in total. The molecule has 0 aliphatic heterocycles. The van der Waals surface area contributed by atoms with Crippen LogP contribution >= 0.6 is 0 Å². The van der Waals surface area contributed by atoms with E-state index in [0.29, 0.717) is 23.2 Å². The van der Waals surface area contributed by atoms with E-state index in [9.17, 15) is 10.2 Å². The van der Waals surface area contributed by atoms with Gasteiger partial charge in [-0.05, 0) is 78.9 Å². The SMILES string of the molecule is [B]c1cc2c(cc1O)CC[C@@H]1[C@@H]2CC[C@]2(C)[C@H](O)CC[C@@H]12. The van der Waals surface area contributed by atoms with Crippen molar-refractivity contribution in [3.05, 3.63) is 23.3 Å². The first-order valence-corrected chi connectivity index (χ1v) is 8.30. The number of aromatic hydroxyl groups is 1. The molecule has 2 fully saturated rings. The Kier molecular flexibility index (Phi) is 2.95. The second-order valence-electron chi connectivity index (χ2n) is 7.66. The van der Waals surface area contributed by atoms with E-state index in [-0.39, 0.29) is 17.3 Å². The van der Waals surface area contributed by atoms with Crippen LogP contribution in [0.2, 0.25) is 0 Å². The molecule has 21 heavy (non-hydrogen) atoms. The van der Waals surface area contributed by atoms with Crippen molar-refractivity contribution in [3.63, 3.8) is 0 Å². The van der Waals surface area contributed by atoms with Gasteiger partial charge in [-0.2, -0.15) is 0 Å². The number of hydrogen-bond acceptors (Lipinski definition) is 2. The summed E-state index contributed by atoms with van der Waals surface area (Å²) in [5.74, 6) is 2.12. The number of fused-ring (bicyclic) bond motifs is 5. The van der Waals surface area contributed by atoms with Gasteiger partial charge in [-0.15, -0.1) is 0 Å². The minimum atomic E-state index is -0.116. The van der Waals surface area contributed by atoms with E-state index >= 15 is 0 Å². The summed E-state index contributed by atoms with van der Waals surface area (Å²) in [4.78, 5) is 0. The minimum Gasteiger partial charge on any atom is -0.509 e. The molecule has 2 nitrogen and oxygen atoms in total. The molecule has 2 saturated carbocycles. The molecule has 0 bridgehead atoms. The van der Waals surface area contributed by atoms with Gasteiger partial charge in [0.1, 0.15) is 13.6 Å². The van der Waals surface area contributed by atoms with E-state index in [4.69, 9.17) is 7.85 Å². The molecular formula is C18H23BO2. The van der Waals surface area contributed by atoms with E-state index in [1.807, 2.05) is 12.1 Å². The fourth-order valence-electron chi connectivity index (χ4n) is 5.60. The second-order valence-corrected chi connectivity index (χ2v) is 7.66. The lowest BCUT2D eigenvalue weighted by Crippen LogP contribution is -2.44. The van der Waals surface area contributed by atoms with Crippen molar-refractivity contribution in [2.45, 2.75) is 57.5 Å². The molecule has 3 aliphatic rings. The zero-order valence-corrected chi connectivity index (χ0v) is 12.7. The summed E-state index contributed by atoms with van der Waals surface area (Å²) < 4.78 is 0. The van der Waals surface area contributed by atoms with Crippen molar-refractivity contribution >= 4 is 13.3 Å². The van der Waals surface area contributed by atoms with E-state index in [0.717, 1.165) is 25.7 Å². The molecule has 110 valence electrons. The van der Waals surface area contributed by atoms with E-state index < -0.39 is 0 Å². The molecule has 3 aliphatic carbocycles. The number of rotatable bonds is 0. The first kappa shape index (κ1) is 13.7. The Labute approximate surface area is 128 Å². The van der Waals surface area contributed by atoms with Crippen LogP contribution in [-0.4, -0.2) is 24.2 Å². The van der Waals surface area contributed by atoms with Crippen molar-refractivity contribution in [1.82, 2.24) is 0 Å². The molecule has 0 spiro atoms. The molecule has 0 unspecified atom stereocenters. The molecule has 4 rings (SSSR count). The average Bonchev–Trinajstić information content (AvgIpc) is 2.76. The highest BCUT2D eigenvalue weighted by molar-refractivity contribution is 6.34. The van der Waals surface area contributed by atoms with Crippen LogP contribution in [0, 0.1) is 17.3 Å². The van der Waals surface area contributed by atoms with Gasteiger partial charge in [-0.3, -0.25) is 0 Å². The van der Waals surface area contributed by atoms with Gasteiger partial charge < -0.3 is 10.2 Å². The fraction of sp³-hybridized carbons (Fsp3) is 0.667. The third-order valence-corrected chi connectivity index (χ3v) is 6.82. The molecule has 1 aromatic carbocycles. The summed E-state index contributed by atoms with van der Waals surface area (Å²) >= 11 is 0. The molecule has 0 amide bonds. The molecule has 0 saturated heterocycles. The summed E-state index contributed by atoms with van der Waals surface area (Å²) in [6, 6.07) is 3.88. The van der Waals surface area contributed by atoms with Gasteiger partial charge in [0.2, 0.25) is 0 Å². The number of hydrogen-bond donors (Lipinski definition) is 2. The van der Waals surface area contributed by atoms with Crippen LogP contribution in [0.5, 0.6) is 5.75 Å². The third-order valence-electron chi connectivity index (χ3n) is 6.82. The van der Waals surface area contributed by atoms with Crippen LogP contribution in [0.15, 0.2) is 12.1 Å². The lowest BCUT2D eigenvalue weighted by Gasteiger charge is -2.50. The Hall–Kier alpha value is -0.955. The Morgan fingerprint density at radius 2 is 2.00 bits per heavy atom. The lowest BCUT2D eigenvalue weighted by atomic mass is 9.55. The standard InChI is InChI=1S/C18H23BO2/c1-18-7-6-11-12(14(18)4-5-17(18)21)3-2-10-8-16(20)15(19)9-13(10)11/h8-9,11-12,14,17,20-21H,2-7H2,1H3/t11-,12+,14-,17+,18-/m0/s1. The molecule has 5 atom stereocenters. The van der Waals surface area contributed by atoms with Crippen LogP contribution in [-0.2, 0) is 6.42 Å². The van der Waals surface area contributed by atoms with Crippen LogP contribution < -0.4 is 5.46 Å². The summed E-state index contributed by atoms with van der Waals surface area (Å²) in [7, 11) is 5.93. The van der Waals surface area contributed by atoms with Gasteiger partial charge in [0.25, 0.3) is 0 Å². The van der Waals surface area contributed by atoms with E-state index in [2.05, 4.69) is 6.92 Å². The van der Waals surface area contributed by atoms with Crippen molar-refractivity contribution in [3.8, 4) is 5.75 Å². The van der Waals surface area contributed by atoms with Gasteiger partial charge in [0.15, 0.2) is 0 Å². The van der Waals surface area contributed by atoms with Crippen LogP contribution in [0.3, 0.4) is 0 Å². The molecule has 2 radical (unpaired) electrons. The topological polar surface area (TPSA) is 40.5 Å². The monoisotopic (exact) mass is 282 g/mol. The molecule has 0 aromatic heterocycles. The predicted molar refractivity (Wildman–Crippen MR) is 84.1 cm³/mol. The summed E-state index contributed by atoms with van der Waals surface area (Å²) in [5.41, 5.74) is 3.28. The quantitative estimate of drug-likeness (QED) is 0.717. The summed E-state index contributed by atoms with van der Waals surface area (Å²) in [6.07, 6.45) is 6.50. The largest absolute Gasteiger partial charge is 0.509 e. The number of phenolic OH excluding ortho intramolecular Hbond substituents is 1. The first-order valence-electron chi connectivity index (χ1n) is 8.30. The zero-order valence-electron chi connectivity index (χ0n) is 12.7. The number of aliphatic hydroxyl groups is 1. The number of aryl methyl sites for hydroxylation is 1. The van der Waals surface area contributed by atoms with Gasteiger partial charge >= 0.3 is 0 Å². The van der Waals surface area contributed by atoms with Crippen LogP contribution in [0.4, 0.5) is 0 Å². The second kappa shape index (κ2) is 4.52. The maximum Gasteiger partial charge on any atom is 0.119 e. The van der Waals surface area contributed by atoms with Crippen LogP contribution in [0.1, 0.15) is 56.1 Å². The van der Waals surface area contributed by atoms with Crippen molar-refractivity contribution in [2.75, 3.05) is 0 Å². The summed E-state index contributed by atoms with van der Waals surface area (Å²) in [5, 5.41) is 20.2. The van der Waals surface area contributed by atoms with Gasteiger partial charge in [-0.1, -0.05) is 18.5 Å². The smallest absolute Gasteiger partial charge is 0.119 e. The summed E-state index contributed by atoms with van der Waals surface area (Å²) in [6.45, 7) is 2.30. The fourth-order valence-corrected chi connectivity index (χ4v) is 5.60. The van der Waals surface area contributed by atoms with Gasteiger partial charge in [-0.25, -0.2) is 0 Å². The normalized spacial score (nSPS) is 41.2. The highest BCUT2D eigenvalue weighted by Gasteiger charge is 2.54. The number of aliphatic hydroxyl groups excluding tert-OH is 1. The van der Waals surface area contributed by atoms with Gasteiger partial charge in [0, 0.05) is 0 Å². The maximum absolute atomic E-state index is 10.4. The number of phenols is 1. The Bertz CT molecular complexity index is 585. The first-order chi connectivity index (χ1) is 10.0. The van der Waals surface area contributed by atoms with Crippen molar-refractivity contribution in [1.29, 1.82) is 0 Å². The Morgan fingerprint density at radius 1 is 1.19 bits per heavy atom. The molecular weight excluding hydrogens is 259 g/mol. The molecule has 3 heteroatoms. The van der Waals surface area contributed by atoms with E-state index in [1.54, 1.807) is 0 Å². The lowest BCUT2D eigenvalue weighted by molar-refractivity contribution is -0.0226. The Balaban J connectivity index is 1.73. The van der Waals surface area contributed by atoms with Crippen molar-refractivity contribution < 1.29 is 10.2 Å². The molecule has 0 heterocycles. The highest BCUT2D eigenvalue weighted by Crippen LogP contribution is 2.60. The van der Waals surface area contributed by atoms with Crippen molar-refractivity contribution in [2.24, 2.45) is 17.3 Å². The predicted octanol–water partition coefficient (Wildman–Crippen LogP) is 2.40. The maximum atomic E-state index is 10.4. The van der Waals surface area contributed by atoms with E-state index in [1.165, 1.54) is 24.0 Å². The zero-order chi connectivity index (χ0) is 14.8. The Morgan fingerprint density at radius 3 is 2.81 bits per heavy atom. The minimum absolute atomic E-state index is 0.116. The average molecular weight is 282 g/mol. The van der Waals surface area contributed by atoms with Crippen LogP contribution in [0.25, 0.3) is 0 Å². The number of benzene rings is 1. The third kappa shape index (κ3) is 1.83.